The highest BCUT2D eigenvalue weighted by atomic mass is 16.4. The van der Waals surface area contributed by atoms with Crippen molar-refractivity contribution >= 4 is 10.9 Å². The Kier molecular flexibility index (Phi) is 5.09. The number of nitrogens with zero attached hydrogens (tertiary/aromatic N) is 3. The highest BCUT2D eigenvalue weighted by Gasteiger charge is 2.04. The van der Waals surface area contributed by atoms with Crippen LogP contribution in [0.2, 0.25) is 0 Å². The highest BCUT2D eigenvalue weighted by molar-refractivity contribution is 5.81. The SMILES string of the molecule is Cc1cc2nc(-c3cccc(-c4ccncc4)c3)ccc2cn1.NO. The molecule has 0 fully saturated rings. The van der Waals surface area contributed by atoms with Gasteiger partial charge in [-0.25, -0.2) is 10.9 Å². The first kappa shape index (κ1) is 16.7. The van der Waals surface area contributed by atoms with Crippen molar-refractivity contribution in [3.05, 3.63) is 78.9 Å². The van der Waals surface area contributed by atoms with Gasteiger partial charge in [0.25, 0.3) is 0 Å². The van der Waals surface area contributed by atoms with Crippen LogP contribution in [0.5, 0.6) is 0 Å². The van der Waals surface area contributed by atoms with E-state index < -0.39 is 0 Å². The molecule has 0 aliphatic rings. The number of pyridine rings is 3. The lowest BCUT2D eigenvalue weighted by Crippen LogP contribution is -1.88. The second-order valence-corrected chi connectivity index (χ2v) is 5.53. The summed E-state index contributed by atoms with van der Waals surface area (Å²) in [7, 11) is 0. The number of hydrogen-bond acceptors (Lipinski definition) is 5. The minimum Gasteiger partial charge on any atom is -0.320 e. The molecule has 5 nitrogen and oxygen atoms in total. The molecule has 3 heterocycles. The Balaban J connectivity index is 0.000000880. The van der Waals surface area contributed by atoms with E-state index >= 15 is 0 Å². The molecule has 4 aromatic rings. The molecule has 0 bridgehead atoms. The van der Waals surface area contributed by atoms with Gasteiger partial charge in [0.2, 0.25) is 0 Å². The molecule has 0 saturated heterocycles. The molecule has 0 amide bonds. The first-order valence-corrected chi connectivity index (χ1v) is 7.80. The molecule has 0 unspecified atom stereocenters. The standard InChI is InChI=1S/C20H15N3.H3NO/c1-14-11-20-18(13-22-14)5-6-19(23-20)17-4-2-3-16(12-17)15-7-9-21-10-8-15;1-2/h2-13H,1H3;2H,1H2. The van der Waals surface area contributed by atoms with E-state index in [4.69, 9.17) is 10.2 Å². The van der Waals surface area contributed by atoms with Crippen LogP contribution in [0, 0.1) is 6.92 Å². The summed E-state index contributed by atoms with van der Waals surface area (Å²) < 4.78 is 0. The maximum Gasteiger partial charge on any atom is 0.0743 e. The van der Waals surface area contributed by atoms with Gasteiger partial charge in [0.1, 0.15) is 0 Å². The van der Waals surface area contributed by atoms with E-state index in [1.54, 1.807) is 0 Å². The molecule has 0 saturated carbocycles. The fraction of sp³-hybridized carbons (Fsp3) is 0.0500. The summed E-state index contributed by atoms with van der Waals surface area (Å²) in [5.74, 6) is 3.50. The van der Waals surface area contributed by atoms with Crippen LogP contribution in [0.4, 0.5) is 0 Å². The predicted octanol–water partition coefficient (Wildman–Crippen LogP) is 4.00. The van der Waals surface area contributed by atoms with Crippen molar-refractivity contribution in [1.82, 2.24) is 15.0 Å². The summed E-state index contributed by atoms with van der Waals surface area (Å²) in [6, 6.07) is 18.6. The fourth-order valence-electron chi connectivity index (χ4n) is 2.68. The number of rotatable bonds is 2. The second-order valence-electron chi connectivity index (χ2n) is 5.53. The van der Waals surface area contributed by atoms with Gasteiger partial charge in [-0.15, -0.1) is 0 Å². The van der Waals surface area contributed by atoms with Crippen molar-refractivity contribution in [1.29, 1.82) is 0 Å². The summed E-state index contributed by atoms with van der Waals surface area (Å²) >= 11 is 0. The van der Waals surface area contributed by atoms with Gasteiger partial charge < -0.3 is 5.21 Å². The number of benzene rings is 1. The first-order chi connectivity index (χ1) is 12.3. The van der Waals surface area contributed by atoms with E-state index in [2.05, 4.69) is 46.2 Å². The molecule has 5 heteroatoms. The average Bonchev–Trinajstić information content (AvgIpc) is 2.70. The largest absolute Gasteiger partial charge is 0.320 e. The average molecular weight is 330 g/mol. The van der Waals surface area contributed by atoms with Gasteiger partial charge >= 0.3 is 0 Å². The molecule has 0 spiro atoms. The van der Waals surface area contributed by atoms with Crippen LogP contribution in [0.1, 0.15) is 5.69 Å². The molecular weight excluding hydrogens is 312 g/mol. The zero-order valence-electron chi connectivity index (χ0n) is 13.8. The summed E-state index contributed by atoms with van der Waals surface area (Å²) in [5, 5.41) is 7.56. The van der Waals surface area contributed by atoms with E-state index in [1.807, 2.05) is 49.8 Å². The van der Waals surface area contributed by atoms with Crippen LogP contribution in [-0.4, -0.2) is 20.2 Å². The third kappa shape index (κ3) is 3.68. The van der Waals surface area contributed by atoms with E-state index in [0.29, 0.717) is 0 Å². The Bertz CT molecular complexity index is 987. The Morgan fingerprint density at radius 2 is 1.60 bits per heavy atom. The molecule has 0 radical (unpaired) electrons. The molecule has 25 heavy (non-hydrogen) atoms. The van der Waals surface area contributed by atoms with E-state index in [0.717, 1.165) is 39.0 Å². The molecule has 3 aromatic heterocycles. The monoisotopic (exact) mass is 330 g/mol. The van der Waals surface area contributed by atoms with E-state index in [-0.39, 0.29) is 0 Å². The number of nitrogens with two attached hydrogens (primary N) is 1. The first-order valence-electron chi connectivity index (χ1n) is 7.80. The molecule has 3 N–H and O–H groups in total. The third-order valence-corrected chi connectivity index (χ3v) is 3.88. The van der Waals surface area contributed by atoms with Crippen LogP contribution in [0.25, 0.3) is 33.3 Å². The lowest BCUT2D eigenvalue weighted by molar-refractivity contribution is 0.311. The maximum atomic E-state index is 6.50. The second kappa shape index (κ2) is 7.61. The van der Waals surface area contributed by atoms with Gasteiger partial charge in [0.05, 0.1) is 11.2 Å². The third-order valence-electron chi connectivity index (χ3n) is 3.88. The van der Waals surface area contributed by atoms with Crippen molar-refractivity contribution in [2.45, 2.75) is 6.92 Å². The molecule has 0 aliphatic heterocycles. The molecule has 0 atom stereocenters. The number of fused-ring (bicyclic) bond motifs is 1. The molecule has 4 rings (SSSR count). The summed E-state index contributed by atoms with van der Waals surface area (Å²) in [6.07, 6.45) is 5.49. The van der Waals surface area contributed by atoms with Crippen LogP contribution < -0.4 is 5.90 Å². The van der Waals surface area contributed by atoms with Crippen molar-refractivity contribution in [2.75, 3.05) is 0 Å². The van der Waals surface area contributed by atoms with Crippen LogP contribution >= 0.6 is 0 Å². The predicted molar refractivity (Wildman–Crippen MR) is 98.9 cm³/mol. The molecule has 0 aliphatic carbocycles. The Morgan fingerprint density at radius 3 is 2.40 bits per heavy atom. The summed E-state index contributed by atoms with van der Waals surface area (Å²) in [6.45, 7) is 1.98. The van der Waals surface area contributed by atoms with Gasteiger partial charge in [-0.05, 0) is 54.4 Å². The Hall–Kier alpha value is -3.15. The number of aryl methyl sites for hydroxylation is 1. The summed E-state index contributed by atoms with van der Waals surface area (Å²) in [5.41, 5.74) is 6.35. The molecule has 1 aromatic carbocycles. The van der Waals surface area contributed by atoms with Crippen LogP contribution in [0.15, 0.2) is 73.2 Å². The summed E-state index contributed by atoms with van der Waals surface area (Å²) in [4.78, 5) is 13.2. The van der Waals surface area contributed by atoms with Gasteiger partial charge in [0.15, 0.2) is 0 Å². The van der Waals surface area contributed by atoms with Crippen molar-refractivity contribution < 1.29 is 5.21 Å². The van der Waals surface area contributed by atoms with E-state index in [9.17, 15) is 0 Å². The van der Waals surface area contributed by atoms with Gasteiger partial charge in [-0.3, -0.25) is 9.97 Å². The number of aromatic nitrogens is 3. The van der Waals surface area contributed by atoms with Crippen molar-refractivity contribution in [2.24, 2.45) is 5.90 Å². The Labute approximate surface area is 145 Å². The van der Waals surface area contributed by atoms with Crippen molar-refractivity contribution in [3.8, 4) is 22.4 Å². The highest BCUT2D eigenvalue weighted by Crippen LogP contribution is 2.26. The molecular formula is C20H18N4O. The van der Waals surface area contributed by atoms with Crippen LogP contribution in [-0.2, 0) is 0 Å². The van der Waals surface area contributed by atoms with Gasteiger partial charge in [-0.1, -0.05) is 18.2 Å². The van der Waals surface area contributed by atoms with Crippen LogP contribution in [0.3, 0.4) is 0 Å². The van der Waals surface area contributed by atoms with Gasteiger partial charge in [-0.2, -0.15) is 0 Å². The van der Waals surface area contributed by atoms with Gasteiger partial charge in [0, 0.05) is 35.2 Å². The zero-order valence-corrected chi connectivity index (χ0v) is 13.8. The van der Waals surface area contributed by atoms with Crippen molar-refractivity contribution in [3.63, 3.8) is 0 Å². The maximum absolute atomic E-state index is 6.50. The normalized spacial score (nSPS) is 10.2. The smallest absolute Gasteiger partial charge is 0.0743 e. The zero-order chi connectivity index (χ0) is 17.6. The molecule has 124 valence electrons. The quantitative estimate of drug-likeness (QED) is 0.543. The Morgan fingerprint density at radius 1 is 0.840 bits per heavy atom. The van der Waals surface area contributed by atoms with E-state index in [1.165, 1.54) is 0 Å². The topological polar surface area (TPSA) is 84.9 Å². The number of hydrogen-bond donors (Lipinski definition) is 2. The minimum atomic E-state index is 0.971. The fourth-order valence-corrected chi connectivity index (χ4v) is 2.68. The lowest BCUT2D eigenvalue weighted by Gasteiger charge is -2.07. The minimum absolute atomic E-state index is 0.971. The lowest BCUT2D eigenvalue weighted by atomic mass is 10.0.